The van der Waals surface area contributed by atoms with E-state index < -0.39 is 29.6 Å². The number of halogens is 6. The van der Waals surface area contributed by atoms with E-state index in [1.807, 2.05) is 0 Å². The van der Waals surface area contributed by atoms with E-state index in [1.54, 1.807) is 0 Å². The van der Waals surface area contributed by atoms with Gasteiger partial charge in [-0.15, -0.1) is 0 Å². The summed E-state index contributed by atoms with van der Waals surface area (Å²) in [7, 11) is 0. The monoisotopic (exact) mass is 760 g/mol. The molecule has 6 aliphatic carbocycles. The number of ketones is 2. The van der Waals surface area contributed by atoms with Crippen LogP contribution in [0.25, 0.3) is 0 Å². The van der Waals surface area contributed by atoms with Crippen LogP contribution in [0.2, 0.25) is 0 Å². The predicted molar refractivity (Wildman–Crippen MR) is 192 cm³/mol. The van der Waals surface area contributed by atoms with Crippen LogP contribution in [0.3, 0.4) is 0 Å². The third-order valence-electron chi connectivity index (χ3n) is 15.3. The van der Waals surface area contributed by atoms with Gasteiger partial charge < -0.3 is 9.47 Å². The standard InChI is InChI=1S/C43H66F6O4/c1-27-3-7-29(8-4-27)39(50)31-11-19-35(20-12-31)52-37-23-15-33(16-24-37)41(42(44,45)46,43(47,48)49)34-17-25-38(26-18-34)53-36-21-13-32(14-22-36)40(51)30-9-5-28(2)6-10-30/h27-38H,3-26H2,1-2H3. The minimum Gasteiger partial charge on any atom is -0.375 e. The normalized spacial score (nSPS) is 39.7. The second-order valence-corrected chi connectivity index (χ2v) is 18.7. The molecule has 0 aromatic carbocycles. The van der Waals surface area contributed by atoms with E-state index >= 15 is 26.3 Å². The van der Waals surface area contributed by atoms with E-state index in [-0.39, 0.29) is 99.5 Å². The lowest BCUT2D eigenvalue weighted by Crippen LogP contribution is -2.61. The molecular formula is C43H66F6O4. The minimum absolute atomic E-state index is 0.0458. The first-order valence-electron chi connectivity index (χ1n) is 21.7. The van der Waals surface area contributed by atoms with Gasteiger partial charge in [0.2, 0.25) is 0 Å². The van der Waals surface area contributed by atoms with Crippen molar-refractivity contribution >= 4 is 11.6 Å². The van der Waals surface area contributed by atoms with Crippen LogP contribution in [0, 0.1) is 52.8 Å². The first kappa shape index (κ1) is 41.5. The van der Waals surface area contributed by atoms with Crippen molar-refractivity contribution in [3.63, 3.8) is 0 Å². The SMILES string of the molecule is CC1CCC(C(=O)C2CCC(OC3CCC(C(C4CCC(OC5CCC(C(=O)C6CCC(C)CC6)CC5)CC4)(C(F)(F)F)C(F)(F)F)CC3)CC2)CC1. The van der Waals surface area contributed by atoms with Gasteiger partial charge >= 0.3 is 12.4 Å². The van der Waals surface area contributed by atoms with Crippen LogP contribution in [0.1, 0.15) is 168 Å². The van der Waals surface area contributed by atoms with Crippen molar-refractivity contribution in [2.45, 2.75) is 205 Å². The van der Waals surface area contributed by atoms with Crippen molar-refractivity contribution in [2.75, 3.05) is 0 Å². The first-order chi connectivity index (χ1) is 25.2. The Balaban J connectivity index is 0.975. The summed E-state index contributed by atoms with van der Waals surface area (Å²) < 4.78 is 103. The van der Waals surface area contributed by atoms with E-state index in [0.717, 1.165) is 103 Å². The van der Waals surface area contributed by atoms with Crippen LogP contribution in [-0.4, -0.2) is 48.3 Å². The third kappa shape index (κ3) is 9.52. The molecule has 0 N–H and O–H groups in total. The molecule has 0 aliphatic heterocycles. The molecule has 0 aromatic rings. The average Bonchev–Trinajstić information content (AvgIpc) is 3.13. The Kier molecular flexibility index (Phi) is 13.7. The molecule has 0 aromatic heterocycles. The molecule has 0 atom stereocenters. The smallest absolute Gasteiger partial charge is 0.375 e. The number of hydrogen-bond donors (Lipinski definition) is 0. The highest BCUT2D eigenvalue weighted by Crippen LogP contribution is 2.65. The highest BCUT2D eigenvalue weighted by Gasteiger charge is 2.76. The average molecular weight is 761 g/mol. The number of rotatable bonds is 10. The van der Waals surface area contributed by atoms with Gasteiger partial charge in [-0.25, -0.2) is 0 Å². The summed E-state index contributed by atoms with van der Waals surface area (Å²) in [5.74, 6) is -0.528. The second-order valence-electron chi connectivity index (χ2n) is 18.7. The Morgan fingerprint density at radius 3 is 0.849 bits per heavy atom. The predicted octanol–water partition coefficient (Wildman–Crippen LogP) is 12.2. The van der Waals surface area contributed by atoms with Gasteiger partial charge in [-0.3, -0.25) is 9.59 Å². The lowest BCUT2D eigenvalue weighted by atomic mass is 9.57. The van der Waals surface area contributed by atoms with E-state index in [0.29, 0.717) is 23.4 Å². The van der Waals surface area contributed by atoms with Crippen LogP contribution in [-0.2, 0) is 19.1 Å². The Labute approximate surface area is 314 Å². The van der Waals surface area contributed by atoms with Crippen molar-refractivity contribution in [3.05, 3.63) is 0 Å². The lowest BCUT2D eigenvalue weighted by molar-refractivity contribution is -0.383. The van der Waals surface area contributed by atoms with Gasteiger partial charge in [0.05, 0.1) is 24.4 Å². The maximum Gasteiger partial charge on any atom is 0.403 e. The third-order valence-corrected chi connectivity index (χ3v) is 15.3. The van der Waals surface area contributed by atoms with Gasteiger partial charge in [-0.05, 0) is 152 Å². The fourth-order valence-electron chi connectivity index (χ4n) is 12.0. The van der Waals surface area contributed by atoms with Crippen molar-refractivity contribution in [1.82, 2.24) is 0 Å². The number of Topliss-reactive ketones (excluding diaryl/α,β-unsaturated/α-hetero) is 2. The molecule has 0 saturated heterocycles. The summed E-state index contributed by atoms with van der Waals surface area (Å²) in [4.78, 5) is 26.3. The van der Waals surface area contributed by atoms with Gasteiger partial charge in [-0.2, -0.15) is 26.3 Å². The highest BCUT2D eigenvalue weighted by molar-refractivity contribution is 5.84. The molecule has 4 nitrogen and oxygen atoms in total. The molecule has 0 spiro atoms. The quantitative estimate of drug-likeness (QED) is 0.208. The molecule has 304 valence electrons. The molecule has 0 radical (unpaired) electrons. The molecule has 6 rings (SSSR count). The fraction of sp³-hybridized carbons (Fsp3) is 0.953. The molecule has 53 heavy (non-hydrogen) atoms. The Bertz CT molecular complexity index is 1080. The molecule has 6 fully saturated rings. The highest BCUT2D eigenvalue weighted by atomic mass is 19.4. The molecule has 10 heteroatoms. The van der Waals surface area contributed by atoms with Crippen LogP contribution in [0.5, 0.6) is 0 Å². The first-order valence-corrected chi connectivity index (χ1v) is 21.7. The molecule has 6 saturated carbocycles. The molecular weight excluding hydrogens is 694 g/mol. The zero-order valence-corrected chi connectivity index (χ0v) is 32.3. The Hall–Kier alpha value is -1.16. The number of alkyl halides is 6. The maximum absolute atomic E-state index is 15.1. The Morgan fingerprint density at radius 1 is 0.377 bits per heavy atom. The zero-order chi connectivity index (χ0) is 38.0. The number of hydrogen-bond acceptors (Lipinski definition) is 4. The summed E-state index contributed by atoms with van der Waals surface area (Å²) in [6.45, 7) is 4.47. The van der Waals surface area contributed by atoms with E-state index in [4.69, 9.17) is 9.47 Å². The number of carbonyl (C=O) groups is 2. The lowest BCUT2D eigenvalue weighted by Gasteiger charge is -2.51. The van der Waals surface area contributed by atoms with Gasteiger partial charge in [0, 0.05) is 23.7 Å². The number of carbonyl (C=O) groups excluding carboxylic acids is 2. The second kappa shape index (κ2) is 17.5. The maximum atomic E-state index is 15.1. The summed E-state index contributed by atoms with van der Waals surface area (Å²) in [5, 5.41) is 0. The van der Waals surface area contributed by atoms with Crippen LogP contribution < -0.4 is 0 Å². The van der Waals surface area contributed by atoms with Crippen molar-refractivity contribution < 1.29 is 45.4 Å². The van der Waals surface area contributed by atoms with Gasteiger partial charge in [0.15, 0.2) is 5.41 Å². The summed E-state index contributed by atoms with van der Waals surface area (Å²) in [5.41, 5.74) is -3.74. The largest absolute Gasteiger partial charge is 0.403 e. The molecule has 0 heterocycles. The van der Waals surface area contributed by atoms with Gasteiger partial charge in [0.25, 0.3) is 0 Å². The molecule has 0 amide bonds. The van der Waals surface area contributed by atoms with Crippen molar-refractivity contribution in [1.29, 1.82) is 0 Å². The zero-order valence-electron chi connectivity index (χ0n) is 32.3. The van der Waals surface area contributed by atoms with E-state index in [2.05, 4.69) is 13.8 Å². The summed E-state index contributed by atoms with van der Waals surface area (Å²) in [6.07, 6.45) is 2.64. The summed E-state index contributed by atoms with van der Waals surface area (Å²) in [6, 6.07) is 0. The fourth-order valence-corrected chi connectivity index (χ4v) is 12.0. The summed E-state index contributed by atoms with van der Waals surface area (Å²) >= 11 is 0. The topological polar surface area (TPSA) is 52.6 Å². The van der Waals surface area contributed by atoms with Crippen LogP contribution >= 0.6 is 0 Å². The van der Waals surface area contributed by atoms with Gasteiger partial charge in [0.1, 0.15) is 11.6 Å². The van der Waals surface area contributed by atoms with E-state index in [1.165, 1.54) is 0 Å². The molecule has 0 bridgehead atoms. The van der Waals surface area contributed by atoms with E-state index in [9.17, 15) is 9.59 Å². The van der Waals surface area contributed by atoms with Crippen molar-refractivity contribution in [2.24, 2.45) is 52.8 Å². The molecule has 6 aliphatic rings. The molecule has 0 unspecified atom stereocenters. The van der Waals surface area contributed by atoms with Gasteiger partial charge in [-0.1, -0.05) is 39.5 Å². The number of ether oxygens (including phenoxy) is 2. The Morgan fingerprint density at radius 2 is 0.604 bits per heavy atom. The van der Waals surface area contributed by atoms with Crippen LogP contribution in [0.15, 0.2) is 0 Å². The van der Waals surface area contributed by atoms with Crippen LogP contribution in [0.4, 0.5) is 26.3 Å². The minimum atomic E-state index is -5.41. The van der Waals surface area contributed by atoms with Crippen molar-refractivity contribution in [3.8, 4) is 0 Å².